The molecule has 1 amide bonds. The summed E-state index contributed by atoms with van der Waals surface area (Å²) < 4.78 is 12.8. The first-order valence-corrected chi connectivity index (χ1v) is 7.82. The monoisotopic (exact) mass is 355 g/mol. The maximum atomic E-state index is 11.7. The van der Waals surface area contributed by atoms with Gasteiger partial charge in [0.15, 0.2) is 0 Å². The molecule has 1 aromatic heterocycles. The van der Waals surface area contributed by atoms with Gasteiger partial charge in [-0.05, 0) is 30.3 Å². The minimum Gasteiger partial charge on any atom is -0.493 e. The van der Waals surface area contributed by atoms with E-state index in [9.17, 15) is 9.59 Å². The molecule has 1 heterocycles. The van der Waals surface area contributed by atoms with E-state index in [4.69, 9.17) is 20.3 Å². The van der Waals surface area contributed by atoms with E-state index in [-0.39, 0.29) is 18.6 Å². The summed E-state index contributed by atoms with van der Waals surface area (Å²) in [4.78, 5) is 22.2. The number of aromatic nitrogens is 2. The van der Waals surface area contributed by atoms with E-state index in [1.165, 1.54) is 0 Å². The number of aryl methyl sites for hydroxylation is 1. The van der Waals surface area contributed by atoms with Gasteiger partial charge < -0.3 is 20.3 Å². The second kappa shape index (κ2) is 7.14. The van der Waals surface area contributed by atoms with Gasteiger partial charge in [0.05, 0.1) is 30.3 Å². The number of carboxylic acid groups (broad SMARTS) is 1. The van der Waals surface area contributed by atoms with Crippen molar-refractivity contribution in [2.75, 3.05) is 6.61 Å². The predicted octanol–water partition coefficient (Wildman–Crippen LogP) is 2.32. The lowest BCUT2D eigenvalue weighted by Gasteiger charge is -2.11. The summed E-state index contributed by atoms with van der Waals surface area (Å²) in [6.07, 6.45) is 1.57. The van der Waals surface area contributed by atoms with Gasteiger partial charge in [-0.3, -0.25) is 14.3 Å². The number of hydrogen-bond donors (Lipinski definition) is 2. The Labute approximate surface area is 148 Å². The highest BCUT2D eigenvalue weighted by atomic mass is 16.5. The fourth-order valence-electron chi connectivity index (χ4n) is 2.44. The SMILES string of the molecule is Cn1ncc2cc(C(N)=O)c(Oc3ccc(OCCC(=O)O)cc3)cc21. The van der Waals surface area contributed by atoms with Crippen molar-refractivity contribution >= 4 is 22.8 Å². The number of primary amides is 1. The van der Waals surface area contributed by atoms with Crippen LogP contribution in [0, 0.1) is 0 Å². The topological polar surface area (TPSA) is 117 Å². The zero-order valence-corrected chi connectivity index (χ0v) is 14.0. The standard InChI is InChI=1S/C18H17N3O5/c1-21-15-9-16(14(18(19)24)8-11(15)10-20-21)26-13-4-2-12(3-5-13)25-7-6-17(22)23/h2-5,8-10H,6-7H2,1H3,(H2,19,24)(H,22,23). The van der Waals surface area contributed by atoms with Crippen LogP contribution in [0.5, 0.6) is 17.2 Å². The number of carbonyl (C=O) groups is 2. The number of rotatable bonds is 7. The fourth-order valence-corrected chi connectivity index (χ4v) is 2.44. The van der Waals surface area contributed by atoms with Crippen molar-refractivity contribution in [1.29, 1.82) is 0 Å². The van der Waals surface area contributed by atoms with Gasteiger partial charge in [0, 0.05) is 18.5 Å². The van der Waals surface area contributed by atoms with Crippen LogP contribution in [0.4, 0.5) is 0 Å². The van der Waals surface area contributed by atoms with Gasteiger partial charge >= 0.3 is 5.97 Å². The summed E-state index contributed by atoms with van der Waals surface area (Å²) >= 11 is 0. The Balaban J connectivity index is 1.81. The van der Waals surface area contributed by atoms with Crippen LogP contribution in [0.1, 0.15) is 16.8 Å². The lowest BCUT2D eigenvalue weighted by molar-refractivity contribution is -0.137. The van der Waals surface area contributed by atoms with Crippen LogP contribution in [-0.4, -0.2) is 33.4 Å². The third-order valence-corrected chi connectivity index (χ3v) is 3.75. The van der Waals surface area contributed by atoms with Crippen molar-refractivity contribution in [2.45, 2.75) is 6.42 Å². The van der Waals surface area contributed by atoms with Crippen molar-refractivity contribution in [3.05, 3.63) is 48.2 Å². The van der Waals surface area contributed by atoms with Crippen molar-refractivity contribution in [2.24, 2.45) is 12.8 Å². The summed E-state index contributed by atoms with van der Waals surface area (Å²) in [5.74, 6) is -0.183. The number of benzene rings is 2. The highest BCUT2D eigenvalue weighted by molar-refractivity contribution is 6.00. The molecule has 0 saturated carbocycles. The molecule has 0 aliphatic rings. The number of carboxylic acids is 1. The van der Waals surface area contributed by atoms with E-state index in [0.717, 1.165) is 10.9 Å². The second-order valence-electron chi connectivity index (χ2n) is 5.61. The number of fused-ring (bicyclic) bond motifs is 1. The Kier molecular flexibility index (Phi) is 4.74. The molecule has 3 rings (SSSR count). The zero-order chi connectivity index (χ0) is 18.7. The van der Waals surface area contributed by atoms with E-state index >= 15 is 0 Å². The van der Waals surface area contributed by atoms with Gasteiger partial charge in [0.2, 0.25) is 0 Å². The highest BCUT2D eigenvalue weighted by Gasteiger charge is 2.14. The number of carbonyl (C=O) groups excluding carboxylic acids is 1. The van der Waals surface area contributed by atoms with Crippen LogP contribution >= 0.6 is 0 Å². The predicted molar refractivity (Wildman–Crippen MR) is 93.5 cm³/mol. The third kappa shape index (κ3) is 3.75. The quantitative estimate of drug-likeness (QED) is 0.672. The van der Waals surface area contributed by atoms with Crippen LogP contribution in [0.3, 0.4) is 0 Å². The van der Waals surface area contributed by atoms with Crippen molar-refractivity contribution in [3.8, 4) is 17.2 Å². The normalized spacial score (nSPS) is 10.7. The van der Waals surface area contributed by atoms with E-state index in [1.807, 2.05) is 0 Å². The number of nitrogens with two attached hydrogens (primary N) is 1. The maximum Gasteiger partial charge on any atom is 0.306 e. The lowest BCUT2D eigenvalue weighted by Crippen LogP contribution is -2.12. The lowest BCUT2D eigenvalue weighted by atomic mass is 10.1. The van der Waals surface area contributed by atoms with E-state index in [2.05, 4.69) is 5.10 Å². The van der Waals surface area contributed by atoms with Gasteiger partial charge in [-0.2, -0.15) is 5.10 Å². The molecular formula is C18H17N3O5. The molecular weight excluding hydrogens is 338 g/mol. The molecule has 0 unspecified atom stereocenters. The number of nitrogens with zero attached hydrogens (tertiary/aromatic N) is 2. The molecule has 134 valence electrons. The first-order valence-electron chi connectivity index (χ1n) is 7.82. The summed E-state index contributed by atoms with van der Waals surface area (Å²) in [6, 6.07) is 9.99. The average Bonchev–Trinajstić information content (AvgIpc) is 2.96. The summed E-state index contributed by atoms with van der Waals surface area (Å²) in [6.45, 7) is 0.0819. The second-order valence-corrected chi connectivity index (χ2v) is 5.61. The molecule has 3 aromatic rings. The molecule has 0 atom stereocenters. The minimum atomic E-state index is -0.922. The summed E-state index contributed by atoms with van der Waals surface area (Å²) in [7, 11) is 1.79. The van der Waals surface area contributed by atoms with Crippen LogP contribution in [0.15, 0.2) is 42.6 Å². The van der Waals surface area contributed by atoms with E-state index in [1.54, 1.807) is 54.3 Å². The van der Waals surface area contributed by atoms with E-state index < -0.39 is 11.9 Å². The first-order chi connectivity index (χ1) is 12.4. The van der Waals surface area contributed by atoms with Gasteiger partial charge in [-0.1, -0.05) is 0 Å². The molecule has 0 spiro atoms. The molecule has 8 nitrogen and oxygen atoms in total. The molecule has 0 bridgehead atoms. The van der Waals surface area contributed by atoms with Gasteiger partial charge in [0.25, 0.3) is 5.91 Å². The van der Waals surface area contributed by atoms with Crippen LogP contribution in [0.2, 0.25) is 0 Å². The van der Waals surface area contributed by atoms with E-state index in [0.29, 0.717) is 17.2 Å². The Morgan fingerprint density at radius 2 is 1.88 bits per heavy atom. The Bertz CT molecular complexity index is 963. The highest BCUT2D eigenvalue weighted by Crippen LogP contribution is 2.30. The minimum absolute atomic E-state index is 0.0784. The van der Waals surface area contributed by atoms with Crippen LogP contribution in [0.25, 0.3) is 10.9 Å². The van der Waals surface area contributed by atoms with Gasteiger partial charge in [-0.25, -0.2) is 0 Å². The molecule has 8 heteroatoms. The molecule has 0 aliphatic heterocycles. The Morgan fingerprint density at radius 3 is 2.54 bits per heavy atom. The average molecular weight is 355 g/mol. The number of amides is 1. The number of aliphatic carboxylic acids is 1. The zero-order valence-electron chi connectivity index (χ0n) is 14.0. The van der Waals surface area contributed by atoms with Crippen molar-refractivity contribution < 1.29 is 24.2 Å². The molecule has 2 aromatic carbocycles. The van der Waals surface area contributed by atoms with Crippen molar-refractivity contribution in [3.63, 3.8) is 0 Å². The molecule has 26 heavy (non-hydrogen) atoms. The van der Waals surface area contributed by atoms with Gasteiger partial charge in [-0.15, -0.1) is 0 Å². The van der Waals surface area contributed by atoms with Crippen molar-refractivity contribution in [1.82, 2.24) is 9.78 Å². The molecule has 0 radical (unpaired) electrons. The smallest absolute Gasteiger partial charge is 0.306 e. The van der Waals surface area contributed by atoms with Crippen LogP contribution in [-0.2, 0) is 11.8 Å². The third-order valence-electron chi connectivity index (χ3n) is 3.75. The largest absolute Gasteiger partial charge is 0.493 e. The summed E-state index contributed by atoms with van der Waals surface area (Å²) in [5, 5.41) is 13.5. The Hall–Kier alpha value is -3.55. The fraction of sp³-hybridized carbons (Fsp3) is 0.167. The van der Waals surface area contributed by atoms with Crippen LogP contribution < -0.4 is 15.2 Å². The van der Waals surface area contributed by atoms with Gasteiger partial charge in [0.1, 0.15) is 17.2 Å². The number of ether oxygens (including phenoxy) is 2. The molecule has 3 N–H and O–H groups in total. The summed E-state index contributed by atoms with van der Waals surface area (Å²) in [5.41, 5.74) is 6.52. The molecule has 0 aliphatic carbocycles. The Morgan fingerprint density at radius 1 is 1.19 bits per heavy atom. The maximum absolute atomic E-state index is 11.7. The first kappa shape index (κ1) is 17.3. The molecule has 0 fully saturated rings. The molecule has 0 saturated heterocycles. The number of hydrogen-bond acceptors (Lipinski definition) is 5.